The van der Waals surface area contributed by atoms with E-state index in [1.54, 1.807) is 12.4 Å². The molecule has 21 heavy (non-hydrogen) atoms. The van der Waals surface area contributed by atoms with E-state index in [1.165, 1.54) is 12.8 Å². The number of carbonyl (C=O) groups excluding carboxylic acids is 1. The molecule has 2 unspecified atom stereocenters. The summed E-state index contributed by atoms with van der Waals surface area (Å²) in [7, 11) is 2.20. The second-order valence-electron chi connectivity index (χ2n) is 6.66. The van der Waals surface area contributed by atoms with Gasteiger partial charge in [-0.1, -0.05) is 0 Å². The van der Waals surface area contributed by atoms with Gasteiger partial charge in [-0.3, -0.25) is 9.78 Å². The minimum Gasteiger partial charge on any atom is -0.489 e. The molecule has 3 rings (SSSR count). The summed E-state index contributed by atoms with van der Waals surface area (Å²) in [5.74, 6) is 1.07. The van der Waals surface area contributed by atoms with Gasteiger partial charge in [0.25, 0.3) is 0 Å². The standard InChI is InChI=1S/C17H24N2O2/c1-11(2)21-16-8-13(9-18-10-16)17(20)12-6-14-4-5-15(7-12)19(14)3/h8-12,14-15H,4-7H2,1-3H3. The van der Waals surface area contributed by atoms with Crippen LogP contribution in [0.3, 0.4) is 0 Å². The average molecular weight is 288 g/mol. The Morgan fingerprint density at radius 3 is 2.57 bits per heavy atom. The number of fused-ring (bicyclic) bond motifs is 2. The van der Waals surface area contributed by atoms with Crippen molar-refractivity contribution in [2.75, 3.05) is 7.05 Å². The number of hydrogen-bond acceptors (Lipinski definition) is 4. The van der Waals surface area contributed by atoms with Crippen LogP contribution < -0.4 is 4.74 Å². The van der Waals surface area contributed by atoms with Gasteiger partial charge >= 0.3 is 0 Å². The van der Waals surface area contributed by atoms with Crippen LogP contribution in [0.25, 0.3) is 0 Å². The second-order valence-corrected chi connectivity index (χ2v) is 6.66. The van der Waals surface area contributed by atoms with E-state index in [2.05, 4.69) is 16.9 Å². The number of carbonyl (C=O) groups is 1. The van der Waals surface area contributed by atoms with Crippen LogP contribution in [0.4, 0.5) is 0 Å². The van der Waals surface area contributed by atoms with Gasteiger partial charge < -0.3 is 9.64 Å². The Balaban J connectivity index is 1.74. The molecule has 2 atom stereocenters. The van der Waals surface area contributed by atoms with E-state index in [0.29, 0.717) is 23.4 Å². The topological polar surface area (TPSA) is 42.4 Å². The van der Waals surface area contributed by atoms with E-state index in [4.69, 9.17) is 4.74 Å². The predicted molar refractivity (Wildman–Crippen MR) is 81.6 cm³/mol. The normalized spacial score (nSPS) is 28.9. The molecule has 0 aliphatic carbocycles. The number of rotatable bonds is 4. The van der Waals surface area contributed by atoms with Crippen LogP contribution in [0.1, 0.15) is 49.9 Å². The summed E-state index contributed by atoms with van der Waals surface area (Å²) in [5.41, 5.74) is 0.696. The first-order chi connectivity index (χ1) is 10.0. The lowest BCUT2D eigenvalue weighted by molar-refractivity contribution is 0.0766. The Bertz CT molecular complexity index is 515. The molecular formula is C17H24N2O2. The molecule has 0 amide bonds. The van der Waals surface area contributed by atoms with E-state index in [1.807, 2.05) is 19.9 Å². The van der Waals surface area contributed by atoms with Gasteiger partial charge in [0, 0.05) is 29.8 Å². The fourth-order valence-electron chi connectivity index (χ4n) is 3.75. The molecule has 114 valence electrons. The predicted octanol–water partition coefficient (Wildman–Crippen LogP) is 2.92. The zero-order valence-electron chi connectivity index (χ0n) is 13.1. The first-order valence-electron chi connectivity index (χ1n) is 7.92. The molecule has 2 saturated heterocycles. The van der Waals surface area contributed by atoms with Crippen molar-refractivity contribution in [3.8, 4) is 5.75 Å². The Morgan fingerprint density at radius 2 is 1.95 bits per heavy atom. The first-order valence-corrected chi connectivity index (χ1v) is 7.92. The van der Waals surface area contributed by atoms with E-state index in [9.17, 15) is 4.79 Å². The molecule has 4 heteroatoms. The van der Waals surface area contributed by atoms with Crippen molar-refractivity contribution in [2.24, 2.45) is 5.92 Å². The van der Waals surface area contributed by atoms with Crippen molar-refractivity contribution in [1.82, 2.24) is 9.88 Å². The SMILES string of the molecule is CC(C)Oc1cncc(C(=O)C2CC3CCC(C2)N3C)c1. The third kappa shape index (κ3) is 2.95. The quantitative estimate of drug-likeness (QED) is 0.799. The Morgan fingerprint density at radius 1 is 1.29 bits per heavy atom. The fourth-order valence-corrected chi connectivity index (χ4v) is 3.75. The van der Waals surface area contributed by atoms with Gasteiger partial charge in [0.2, 0.25) is 0 Å². The summed E-state index contributed by atoms with van der Waals surface area (Å²) in [6, 6.07) is 3.01. The van der Waals surface area contributed by atoms with Crippen LogP contribution in [0.5, 0.6) is 5.75 Å². The number of hydrogen-bond donors (Lipinski definition) is 0. The van der Waals surface area contributed by atoms with Gasteiger partial charge in [-0.15, -0.1) is 0 Å². The lowest BCUT2D eigenvalue weighted by Crippen LogP contribution is -2.42. The molecule has 0 spiro atoms. The Kier molecular flexibility index (Phi) is 3.98. The first kappa shape index (κ1) is 14.5. The summed E-state index contributed by atoms with van der Waals surface area (Å²) in [4.78, 5) is 19.4. The van der Waals surface area contributed by atoms with Crippen molar-refractivity contribution < 1.29 is 9.53 Å². The highest BCUT2D eigenvalue weighted by atomic mass is 16.5. The molecule has 1 aromatic heterocycles. The summed E-state index contributed by atoms with van der Waals surface area (Å²) < 4.78 is 5.64. The highest BCUT2D eigenvalue weighted by Gasteiger charge is 2.41. The van der Waals surface area contributed by atoms with Crippen LogP contribution in [0.15, 0.2) is 18.5 Å². The maximum absolute atomic E-state index is 12.7. The molecule has 2 aliphatic heterocycles. The van der Waals surface area contributed by atoms with Crippen LogP contribution >= 0.6 is 0 Å². The smallest absolute Gasteiger partial charge is 0.167 e. The van der Waals surface area contributed by atoms with Crippen molar-refractivity contribution in [1.29, 1.82) is 0 Å². The number of nitrogens with zero attached hydrogens (tertiary/aromatic N) is 2. The lowest BCUT2D eigenvalue weighted by Gasteiger charge is -2.35. The summed E-state index contributed by atoms with van der Waals surface area (Å²) in [5, 5.41) is 0. The monoisotopic (exact) mass is 288 g/mol. The van der Waals surface area contributed by atoms with Crippen molar-refractivity contribution >= 4 is 5.78 Å². The Labute approximate surface area is 126 Å². The molecule has 2 aliphatic rings. The molecule has 3 heterocycles. The average Bonchev–Trinajstić information content (AvgIpc) is 2.67. The van der Waals surface area contributed by atoms with Gasteiger partial charge in [0.05, 0.1) is 12.3 Å². The third-order valence-corrected chi connectivity index (χ3v) is 4.84. The Hall–Kier alpha value is -1.42. The van der Waals surface area contributed by atoms with Gasteiger partial charge in [-0.25, -0.2) is 0 Å². The molecule has 0 aromatic carbocycles. The van der Waals surface area contributed by atoms with Crippen LogP contribution in [0, 0.1) is 5.92 Å². The largest absolute Gasteiger partial charge is 0.489 e. The van der Waals surface area contributed by atoms with Crippen molar-refractivity contribution in [3.63, 3.8) is 0 Å². The van der Waals surface area contributed by atoms with Crippen molar-refractivity contribution in [3.05, 3.63) is 24.0 Å². The summed E-state index contributed by atoms with van der Waals surface area (Å²) in [6.07, 6.45) is 7.89. The number of Topliss-reactive ketones (excluding diaryl/α,β-unsaturated/α-hetero) is 1. The van der Waals surface area contributed by atoms with E-state index >= 15 is 0 Å². The molecule has 1 aromatic rings. The van der Waals surface area contributed by atoms with Gasteiger partial charge in [-0.2, -0.15) is 0 Å². The minimum atomic E-state index is 0.0938. The van der Waals surface area contributed by atoms with E-state index in [-0.39, 0.29) is 17.8 Å². The number of piperidine rings is 1. The van der Waals surface area contributed by atoms with Crippen LogP contribution in [-0.4, -0.2) is 40.9 Å². The zero-order chi connectivity index (χ0) is 15.0. The van der Waals surface area contributed by atoms with Crippen molar-refractivity contribution in [2.45, 2.75) is 57.7 Å². The van der Waals surface area contributed by atoms with Crippen LogP contribution in [0.2, 0.25) is 0 Å². The molecule has 0 radical (unpaired) electrons. The minimum absolute atomic E-state index is 0.0938. The number of ether oxygens (including phenoxy) is 1. The maximum Gasteiger partial charge on any atom is 0.167 e. The molecular weight excluding hydrogens is 264 g/mol. The third-order valence-electron chi connectivity index (χ3n) is 4.84. The molecule has 4 nitrogen and oxygen atoms in total. The highest BCUT2D eigenvalue weighted by Crippen LogP contribution is 2.38. The maximum atomic E-state index is 12.7. The van der Waals surface area contributed by atoms with Gasteiger partial charge in [-0.05, 0) is 52.6 Å². The van der Waals surface area contributed by atoms with Crippen LogP contribution in [-0.2, 0) is 0 Å². The number of aromatic nitrogens is 1. The van der Waals surface area contributed by atoms with Gasteiger partial charge in [0.15, 0.2) is 5.78 Å². The van der Waals surface area contributed by atoms with E-state index < -0.39 is 0 Å². The number of pyridine rings is 1. The molecule has 2 fully saturated rings. The fraction of sp³-hybridized carbons (Fsp3) is 0.647. The number of ketones is 1. The zero-order valence-corrected chi connectivity index (χ0v) is 13.1. The summed E-state index contributed by atoms with van der Waals surface area (Å²) >= 11 is 0. The van der Waals surface area contributed by atoms with Gasteiger partial charge in [0.1, 0.15) is 5.75 Å². The highest BCUT2D eigenvalue weighted by molar-refractivity contribution is 5.98. The molecule has 2 bridgehead atoms. The summed E-state index contributed by atoms with van der Waals surface area (Å²) in [6.45, 7) is 3.95. The molecule has 0 N–H and O–H groups in total. The second kappa shape index (κ2) is 5.76. The lowest BCUT2D eigenvalue weighted by atomic mass is 9.85. The van der Waals surface area contributed by atoms with E-state index in [0.717, 1.165) is 12.8 Å². The molecule has 0 saturated carbocycles.